The number of benzene rings is 1. The summed E-state index contributed by atoms with van der Waals surface area (Å²) in [5.41, 5.74) is 1.16. The molecule has 7 heteroatoms. The second-order valence-electron chi connectivity index (χ2n) is 7.32. The van der Waals surface area contributed by atoms with Crippen LogP contribution >= 0.6 is 0 Å². The minimum absolute atomic E-state index is 0.0571. The van der Waals surface area contributed by atoms with Crippen molar-refractivity contribution in [1.82, 2.24) is 9.21 Å². The van der Waals surface area contributed by atoms with Crippen LogP contribution in [0, 0.1) is 0 Å². The van der Waals surface area contributed by atoms with Gasteiger partial charge in [0.1, 0.15) is 12.1 Å². The molecule has 2 aliphatic heterocycles. The summed E-state index contributed by atoms with van der Waals surface area (Å²) in [7, 11) is -3.49. The summed E-state index contributed by atoms with van der Waals surface area (Å²) in [4.78, 5) is 14.3. The van der Waals surface area contributed by atoms with E-state index < -0.39 is 10.0 Å². The Balaban J connectivity index is 1.65. The Hall–Kier alpha value is -1.44. The highest BCUT2D eigenvalue weighted by Gasteiger charge is 2.39. The summed E-state index contributed by atoms with van der Waals surface area (Å²) in [5, 5.41) is 0. The van der Waals surface area contributed by atoms with E-state index in [-0.39, 0.29) is 18.1 Å². The van der Waals surface area contributed by atoms with E-state index in [0.717, 1.165) is 12.0 Å². The molecule has 0 amide bonds. The zero-order valence-corrected chi connectivity index (χ0v) is 16.5. The highest BCUT2D eigenvalue weighted by Crippen LogP contribution is 2.25. The van der Waals surface area contributed by atoms with Crippen molar-refractivity contribution in [3.05, 3.63) is 29.8 Å². The molecule has 3 unspecified atom stereocenters. The molecule has 0 bridgehead atoms. The lowest BCUT2D eigenvalue weighted by molar-refractivity contribution is -0.145. The summed E-state index contributed by atoms with van der Waals surface area (Å²) in [6.45, 7) is 8.05. The highest BCUT2D eigenvalue weighted by atomic mass is 32.2. The molecule has 0 saturated carbocycles. The van der Waals surface area contributed by atoms with E-state index in [4.69, 9.17) is 4.74 Å². The number of nitrogens with zero attached hydrogens (tertiary/aromatic N) is 2. The molecule has 0 aliphatic carbocycles. The molecule has 144 valence electrons. The molecule has 3 rings (SSSR count). The maximum Gasteiger partial charge on any atom is 0.323 e. The molecular weight excluding hydrogens is 352 g/mol. The van der Waals surface area contributed by atoms with Gasteiger partial charge in [0.2, 0.25) is 10.0 Å². The van der Waals surface area contributed by atoms with Crippen molar-refractivity contribution in [3.8, 4) is 0 Å². The van der Waals surface area contributed by atoms with Crippen LogP contribution < -0.4 is 0 Å². The van der Waals surface area contributed by atoms with Gasteiger partial charge >= 0.3 is 5.97 Å². The standard InChI is InChI=1S/C19H28N2O4S/c1-4-14(2)16-5-7-17(8-6-16)26(23,24)21-11-9-20(10-12-21)18-13-15(3)25-19(18)22/h5-8,14-15,18H,4,9-13H2,1-3H3. The summed E-state index contributed by atoms with van der Waals surface area (Å²) in [6, 6.07) is 7.00. The Kier molecular flexibility index (Phi) is 5.69. The van der Waals surface area contributed by atoms with Crippen LogP contribution in [-0.2, 0) is 19.6 Å². The number of sulfonamides is 1. The van der Waals surface area contributed by atoms with Crippen LogP contribution in [0.3, 0.4) is 0 Å². The first kappa shape index (κ1) is 19.3. The Morgan fingerprint density at radius 2 is 1.77 bits per heavy atom. The molecule has 0 radical (unpaired) electrons. The predicted molar refractivity (Wildman–Crippen MR) is 99.4 cm³/mol. The van der Waals surface area contributed by atoms with Crippen LogP contribution in [0.1, 0.15) is 45.1 Å². The lowest BCUT2D eigenvalue weighted by Crippen LogP contribution is -2.53. The third-order valence-corrected chi connectivity index (χ3v) is 7.47. The van der Waals surface area contributed by atoms with Crippen LogP contribution in [0.15, 0.2) is 29.2 Å². The second-order valence-corrected chi connectivity index (χ2v) is 9.26. The fourth-order valence-electron chi connectivity index (χ4n) is 3.64. The molecule has 6 nitrogen and oxygen atoms in total. The van der Waals surface area contributed by atoms with Crippen molar-refractivity contribution in [1.29, 1.82) is 0 Å². The Morgan fingerprint density at radius 3 is 2.27 bits per heavy atom. The Bertz CT molecular complexity index is 739. The van der Waals surface area contributed by atoms with E-state index >= 15 is 0 Å². The second kappa shape index (κ2) is 7.66. The summed E-state index contributed by atoms with van der Waals surface area (Å²) < 4.78 is 32.5. The molecule has 26 heavy (non-hydrogen) atoms. The maximum atomic E-state index is 12.9. The van der Waals surface area contributed by atoms with E-state index in [1.54, 1.807) is 12.1 Å². The number of hydrogen-bond donors (Lipinski definition) is 0. The number of esters is 1. The van der Waals surface area contributed by atoms with Crippen molar-refractivity contribution < 1.29 is 17.9 Å². The van der Waals surface area contributed by atoms with Gasteiger partial charge in [-0.25, -0.2) is 8.42 Å². The van der Waals surface area contributed by atoms with Crippen LogP contribution in [0.4, 0.5) is 0 Å². The molecule has 1 aromatic rings. The van der Waals surface area contributed by atoms with Gasteiger partial charge in [-0.1, -0.05) is 26.0 Å². The number of ether oxygens (including phenoxy) is 1. The quantitative estimate of drug-likeness (QED) is 0.733. The van der Waals surface area contributed by atoms with Gasteiger partial charge in [-0.3, -0.25) is 9.69 Å². The van der Waals surface area contributed by atoms with Crippen molar-refractivity contribution >= 4 is 16.0 Å². The topological polar surface area (TPSA) is 66.9 Å². The minimum atomic E-state index is -3.49. The fraction of sp³-hybridized carbons (Fsp3) is 0.632. The lowest BCUT2D eigenvalue weighted by Gasteiger charge is -2.35. The monoisotopic (exact) mass is 380 g/mol. The van der Waals surface area contributed by atoms with Gasteiger partial charge in [0.15, 0.2) is 0 Å². The molecule has 2 heterocycles. The molecule has 2 fully saturated rings. The molecule has 3 atom stereocenters. The number of cyclic esters (lactones) is 1. The van der Waals surface area contributed by atoms with Crippen molar-refractivity contribution in [2.24, 2.45) is 0 Å². The molecule has 0 aromatic heterocycles. The number of carbonyl (C=O) groups is 1. The summed E-state index contributed by atoms with van der Waals surface area (Å²) in [5.74, 6) is 0.235. The number of hydrogen-bond acceptors (Lipinski definition) is 5. The van der Waals surface area contributed by atoms with Gasteiger partial charge in [0, 0.05) is 32.6 Å². The van der Waals surface area contributed by atoms with Gasteiger partial charge in [-0.2, -0.15) is 4.31 Å². The largest absolute Gasteiger partial charge is 0.461 e. The van der Waals surface area contributed by atoms with Gasteiger partial charge in [0.25, 0.3) is 0 Å². The third-order valence-electron chi connectivity index (χ3n) is 5.56. The van der Waals surface area contributed by atoms with Crippen LogP contribution in [0.25, 0.3) is 0 Å². The van der Waals surface area contributed by atoms with E-state index in [1.807, 2.05) is 24.0 Å². The summed E-state index contributed by atoms with van der Waals surface area (Å²) >= 11 is 0. The van der Waals surface area contributed by atoms with Gasteiger partial charge < -0.3 is 4.74 Å². The van der Waals surface area contributed by atoms with E-state index in [2.05, 4.69) is 13.8 Å². The van der Waals surface area contributed by atoms with E-state index in [9.17, 15) is 13.2 Å². The zero-order valence-electron chi connectivity index (χ0n) is 15.7. The lowest BCUT2D eigenvalue weighted by atomic mass is 9.99. The molecule has 1 aromatic carbocycles. The van der Waals surface area contributed by atoms with Gasteiger partial charge in [0.05, 0.1) is 4.90 Å². The van der Waals surface area contributed by atoms with Crippen molar-refractivity contribution in [3.63, 3.8) is 0 Å². The molecule has 2 aliphatic rings. The van der Waals surface area contributed by atoms with Gasteiger partial charge in [-0.05, 0) is 37.0 Å². The van der Waals surface area contributed by atoms with Crippen molar-refractivity contribution in [2.75, 3.05) is 26.2 Å². The first-order valence-electron chi connectivity index (χ1n) is 9.37. The van der Waals surface area contributed by atoms with Gasteiger partial charge in [-0.15, -0.1) is 0 Å². The average Bonchev–Trinajstić information content (AvgIpc) is 2.99. The molecule has 0 spiro atoms. The van der Waals surface area contributed by atoms with E-state index in [1.165, 1.54) is 4.31 Å². The highest BCUT2D eigenvalue weighted by molar-refractivity contribution is 7.89. The molecule has 2 saturated heterocycles. The first-order valence-corrected chi connectivity index (χ1v) is 10.8. The van der Waals surface area contributed by atoms with Crippen molar-refractivity contribution in [2.45, 2.75) is 56.6 Å². The SMILES string of the molecule is CCC(C)c1ccc(S(=O)(=O)N2CCN(C3CC(C)OC3=O)CC2)cc1. The first-order chi connectivity index (χ1) is 12.3. The molecule has 0 N–H and O–H groups in total. The predicted octanol–water partition coefficient (Wildman–Crippen LogP) is 2.21. The minimum Gasteiger partial charge on any atom is -0.461 e. The van der Waals surface area contributed by atoms with Crippen LogP contribution in [0.5, 0.6) is 0 Å². The normalized spacial score (nSPS) is 26.7. The number of piperazine rings is 1. The smallest absolute Gasteiger partial charge is 0.323 e. The average molecular weight is 381 g/mol. The van der Waals surface area contributed by atoms with Crippen LogP contribution in [-0.4, -0.2) is 61.9 Å². The van der Waals surface area contributed by atoms with E-state index in [0.29, 0.717) is 43.4 Å². The maximum absolute atomic E-state index is 12.9. The fourth-order valence-corrected chi connectivity index (χ4v) is 5.06. The zero-order chi connectivity index (χ0) is 18.9. The third kappa shape index (κ3) is 3.80. The Labute approximate surface area is 156 Å². The number of rotatable bonds is 5. The number of carbonyl (C=O) groups excluding carboxylic acids is 1. The Morgan fingerprint density at radius 1 is 1.15 bits per heavy atom. The van der Waals surface area contributed by atoms with Crippen LogP contribution in [0.2, 0.25) is 0 Å². The summed E-state index contributed by atoms with van der Waals surface area (Å²) in [6.07, 6.45) is 1.65. The molecular formula is C19H28N2O4S.